The lowest BCUT2D eigenvalue weighted by atomic mass is 9.97. The van der Waals surface area contributed by atoms with E-state index in [1.807, 2.05) is 0 Å². The zero-order valence-corrected chi connectivity index (χ0v) is 71.4. The molecule has 0 radical (unpaired) electrons. The van der Waals surface area contributed by atoms with Crippen molar-refractivity contribution in [1.29, 1.82) is 0 Å². The number of fused-ring (bicyclic) bond motifs is 18. The van der Waals surface area contributed by atoms with Crippen molar-refractivity contribution in [2.24, 2.45) is 0 Å². The quantitative estimate of drug-likeness (QED) is 0.119. The lowest BCUT2D eigenvalue weighted by Gasteiger charge is -2.40. The molecule has 6 aliphatic heterocycles. The Morgan fingerprint density at radius 2 is 0.246 bits per heavy atom. The fourth-order valence-corrected chi connectivity index (χ4v) is 26.4. The monoisotopic (exact) mass is 1680 g/mol. The maximum Gasteiger partial charge on any atom is 0.0703 e. The molecule has 0 saturated heterocycles. The predicted octanol–water partition coefficient (Wildman–Crippen LogP) is 33.7. The van der Waals surface area contributed by atoms with Crippen molar-refractivity contribution < 1.29 is 4.21 Å². The summed E-state index contributed by atoms with van der Waals surface area (Å²) < 4.78 is 20.5. The van der Waals surface area contributed by atoms with Crippen molar-refractivity contribution >= 4 is 146 Å². The summed E-state index contributed by atoms with van der Waals surface area (Å²) in [7, 11) is -4.85. The minimum absolute atomic E-state index is 0.784. The van der Waals surface area contributed by atoms with Gasteiger partial charge < -0.3 is 39.2 Å². The smallest absolute Gasteiger partial charge is 0.0703 e. The summed E-state index contributed by atoms with van der Waals surface area (Å²) >= 11 is 0. The Kier molecular flexibility index (Phi) is 16.8. The third-order valence-electron chi connectivity index (χ3n) is 27.0. The minimum atomic E-state index is -4.85. The summed E-state index contributed by atoms with van der Waals surface area (Å²) in [5, 5.41) is 0. The van der Waals surface area contributed by atoms with E-state index in [-0.39, 0.29) is 0 Å². The van der Waals surface area contributed by atoms with Crippen molar-refractivity contribution in [1.82, 2.24) is 0 Å². The molecular formula is C120H80N8OS. The van der Waals surface area contributed by atoms with E-state index in [0.717, 1.165) is 223 Å². The second kappa shape index (κ2) is 29.3. The number of nitrogens with zero attached hydrogens (tertiary/aromatic N) is 8. The van der Waals surface area contributed by atoms with Gasteiger partial charge in [-0.2, -0.15) is 0 Å². The van der Waals surface area contributed by atoms with Gasteiger partial charge in [-0.3, -0.25) is 4.21 Å². The van der Waals surface area contributed by atoms with Crippen LogP contribution >= 0.6 is 0 Å². The highest BCUT2D eigenvalue weighted by Crippen LogP contribution is 2.73. The molecule has 9 nitrogen and oxygen atoms in total. The number of para-hydroxylation sites is 20. The molecule has 0 unspecified atom stereocenters. The van der Waals surface area contributed by atoms with Crippen molar-refractivity contribution in [3.05, 3.63) is 485 Å². The fourth-order valence-electron chi connectivity index (χ4n) is 21.2. The van der Waals surface area contributed by atoms with Gasteiger partial charge in [0.25, 0.3) is 0 Å². The topological polar surface area (TPSA) is 43.0 Å². The van der Waals surface area contributed by atoms with Gasteiger partial charge >= 0.3 is 0 Å². The largest absolute Gasteiger partial charge is 0.306 e. The molecule has 0 N–H and O–H groups in total. The predicted molar refractivity (Wildman–Crippen MR) is 538 cm³/mol. The molecule has 0 aliphatic carbocycles. The van der Waals surface area contributed by atoms with Crippen LogP contribution in [0.2, 0.25) is 0 Å². The van der Waals surface area contributed by atoms with Gasteiger partial charge in [-0.1, -0.05) is 267 Å². The lowest BCUT2D eigenvalue weighted by Crippen LogP contribution is -2.30. The van der Waals surface area contributed by atoms with Crippen LogP contribution in [0, 0.1) is 0 Å². The average Bonchev–Trinajstić information content (AvgIpc) is 1.46. The fraction of sp³-hybridized carbons (Fsp3) is 0. The van der Waals surface area contributed by atoms with Crippen LogP contribution in [0.5, 0.6) is 0 Å². The van der Waals surface area contributed by atoms with E-state index in [2.05, 4.69) is 525 Å². The summed E-state index contributed by atoms with van der Waals surface area (Å²) in [6.45, 7) is 0. The molecule has 6 aliphatic rings. The van der Waals surface area contributed by atoms with Gasteiger partial charge in [0.05, 0.1) is 91.0 Å². The molecule has 612 valence electrons. The molecule has 6 heterocycles. The molecule has 10 heteroatoms. The number of hydrogen-bond acceptors (Lipinski definition) is 9. The van der Waals surface area contributed by atoms with E-state index in [0.29, 0.717) is 0 Å². The molecule has 0 atom stereocenters. The molecule has 1 spiro atoms. The second-order valence-electron chi connectivity index (χ2n) is 33.9. The van der Waals surface area contributed by atoms with Crippen LogP contribution in [0.1, 0.15) is 0 Å². The molecule has 20 aromatic carbocycles. The van der Waals surface area contributed by atoms with E-state index in [1.165, 1.54) is 0 Å². The van der Waals surface area contributed by atoms with Gasteiger partial charge in [0.2, 0.25) is 0 Å². The van der Waals surface area contributed by atoms with E-state index in [9.17, 15) is 0 Å². The van der Waals surface area contributed by atoms with Crippen molar-refractivity contribution in [3.63, 3.8) is 0 Å². The summed E-state index contributed by atoms with van der Waals surface area (Å²) in [5.74, 6) is 0. The summed E-state index contributed by atoms with van der Waals surface area (Å²) in [4.78, 5) is 22.1. The number of benzene rings is 20. The molecule has 0 amide bonds. The first-order valence-electron chi connectivity index (χ1n) is 44.3. The first kappa shape index (κ1) is 74.4. The van der Waals surface area contributed by atoms with Crippen LogP contribution in [0.3, 0.4) is 0 Å². The highest BCUT2D eigenvalue weighted by Gasteiger charge is 2.58. The molecular weight excluding hydrogens is 1600 g/mol. The maximum absolute atomic E-state index is 20.5. The van der Waals surface area contributed by atoms with E-state index in [4.69, 9.17) is 0 Å². The summed E-state index contributed by atoms with van der Waals surface area (Å²) in [6, 6.07) is 175. The maximum atomic E-state index is 20.5. The van der Waals surface area contributed by atoms with Gasteiger partial charge in [0.15, 0.2) is 0 Å². The first-order valence-corrected chi connectivity index (χ1v) is 46.3. The normalized spacial score (nSPS) is 14.2. The Balaban J connectivity index is 0.654. The zero-order chi connectivity index (χ0) is 85.7. The third kappa shape index (κ3) is 11.1. The van der Waals surface area contributed by atoms with Gasteiger partial charge in [-0.15, -0.1) is 0 Å². The SMILES string of the molecule is O=S12(c3cc(-c4ccc(N5c6ccccc6N(c6ccccc6)c6ccccc65)cc4)ccc3-c3ccc(-c4ccc(N5c6ccccc6N(c6ccccc6)c6ccccc65)cc4)cc31)c1cc(-c3ccc(N4c5ccccc5N(c5ccccc5)c5ccccc54)cc3)ccc1-c1ccc(-c3ccc(N4c5ccccc5N(c5ccccc5)c5ccccc54)cc3)cc12. The number of anilines is 24. The first-order chi connectivity index (χ1) is 64.3. The average molecular weight is 1680 g/mol. The van der Waals surface area contributed by atoms with Gasteiger partial charge in [0, 0.05) is 74.1 Å². The Bertz CT molecular complexity index is 6890. The minimum Gasteiger partial charge on any atom is -0.306 e. The molecule has 0 fully saturated rings. The molecule has 130 heavy (non-hydrogen) atoms. The van der Waals surface area contributed by atoms with E-state index in [1.54, 1.807) is 0 Å². The standard InChI is InChI=1S/C120H80N8OS/c129-130(117-77-85(81-53-65-93(66-54-81)125-109-45-21-13-37-101(109)121(89-29-5-1-6-30-89)102-38-14-22-46-110(102)125)61-73-97(117)98-74-62-86(78-118(98)130)82-55-67-94(68-56-82)126-111-47-23-15-39-103(111)122(90-31-7-2-8-32-90)104-40-16-24-48-112(104)126)119-79-87(83-57-69-95(70-58-83)127-113-49-25-17-41-105(113)123(91-33-9-3-10-34-91)106-42-18-26-50-114(106)127)63-75-99(119)100-76-64-88(80-120(100)130)84-59-71-96(72-60-84)128-115-51-27-19-43-107(115)124(92-35-11-4-12-36-92)108-44-20-28-52-116(108)128/h1-80H. The highest BCUT2D eigenvalue weighted by molar-refractivity contribution is 8.21. The number of rotatable bonds is 12. The molecule has 26 rings (SSSR count). The second-order valence-corrected chi connectivity index (χ2v) is 37.6. The van der Waals surface area contributed by atoms with Crippen LogP contribution in [0.25, 0.3) is 66.8 Å². The van der Waals surface area contributed by atoms with Gasteiger partial charge in [0.1, 0.15) is 0 Å². The van der Waals surface area contributed by atoms with Crippen molar-refractivity contribution in [3.8, 4) is 66.8 Å². The molecule has 0 saturated carbocycles. The van der Waals surface area contributed by atoms with Crippen molar-refractivity contribution in [2.45, 2.75) is 19.6 Å². The Morgan fingerprint density at radius 1 is 0.123 bits per heavy atom. The zero-order valence-electron chi connectivity index (χ0n) is 70.6. The highest BCUT2D eigenvalue weighted by atomic mass is 32.3. The van der Waals surface area contributed by atoms with Crippen LogP contribution < -0.4 is 39.2 Å². The Morgan fingerprint density at radius 3 is 0.392 bits per heavy atom. The lowest BCUT2D eigenvalue weighted by molar-refractivity contribution is 0.658. The Hall–Kier alpha value is -17.1. The molecule has 0 bridgehead atoms. The Labute approximate surface area is 755 Å². The van der Waals surface area contributed by atoms with E-state index >= 15 is 4.21 Å². The summed E-state index contributed by atoms with van der Waals surface area (Å²) in [5.41, 5.74) is 37.3. The molecule has 0 aromatic heterocycles. The van der Waals surface area contributed by atoms with Gasteiger partial charge in [-0.25, -0.2) is 0 Å². The summed E-state index contributed by atoms with van der Waals surface area (Å²) in [6.07, 6.45) is 0. The molecule has 20 aromatic rings. The van der Waals surface area contributed by atoms with Crippen LogP contribution in [0.4, 0.5) is 136 Å². The van der Waals surface area contributed by atoms with Crippen molar-refractivity contribution in [2.75, 3.05) is 39.2 Å². The number of hydrogen-bond donors (Lipinski definition) is 0. The van der Waals surface area contributed by atoms with Crippen LogP contribution in [-0.2, 0) is 9.07 Å². The third-order valence-corrected chi connectivity index (χ3v) is 31.7. The van der Waals surface area contributed by atoms with Gasteiger partial charge in [-0.05, 0) is 285 Å². The van der Waals surface area contributed by atoms with Crippen LogP contribution in [-0.4, -0.2) is 4.21 Å². The van der Waals surface area contributed by atoms with E-state index < -0.39 is 9.07 Å². The van der Waals surface area contributed by atoms with Crippen LogP contribution in [0.15, 0.2) is 505 Å².